The second kappa shape index (κ2) is 7.01. The summed E-state index contributed by atoms with van der Waals surface area (Å²) < 4.78 is 12.8. The standard InChI is InChI=1S/C17H24BrNO2/c1-20-16-8-7-15(18)14(10-13-4-2-3-9-19-13)17(16)21-11-12-5-6-12/h7-8,12-13,19H,2-6,9-11H2,1H3. The molecule has 2 fully saturated rings. The average Bonchev–Trinajstić information content (AvgIpc) is 3.33. The number of nitrogens with one attached hydrogen (secondary N) is 1. The summed E-state index contributed by atoms with van der Waals surface area (Å²) in [5.74, 6) is 2.53. The summed E-state index contributed by atoms with van der Waals surface area (Å²) in [5, 5.41) is 3.62. The van der Waals surface area contributed by atoms with Crippen molar-refractivity contribution >= 4 is 15.9 Å². The maximum Gasteiger partial charge on any atom is 0.165 e. The van der Waals surface area contributed by atoms with E-state index in [-0.39, 0.29) is 0 Å². The summed E-state index contributed by atoms with van der Waals surface area (Å²) in [7, 11) is 1.72. The lowest BCUT2D eigenvalue weighted by Crippen LogP contribution is -2.35. The molecule has 0 spiro atoms. The number of hydrogen-bond acceptors (Lipinski definition) is 3. The van der Waals surface area contributed by atoms with Gasteiger partial charge in [-0.25, -0.2) is 0 Å². The van der Waals surface area contributed by atoms with Crippen LogP contribution in [-0.2, 0) is 6.42 Å². The number of methoxy groups -OCH3 is 1. The Labute approximate surface area is 135 Å². The van der Waals surface area contributed by atoms with E-state index in [2.05, 4.69) is 27.3 Å². The fourth-order valence-corrected chi connectivity index (χ4v) is 3.40. The predicted octanol–water partition coefficient (Wildman–Crippen LogP) is 3.93. The van der Waals surface area contributed by atoms with Crippen LogP contribution in [0.25, 0.3) is 0 Å². The highest BCUT2D eigenvalue weighted by Crippen LogP contribution is 2.39. The van der Waals surface area contributed by atoms with E-state index in [0.29, 0.717) is 6.04 Å². The minimum absolute atomic E-state index is 0.547. The zero-order valence-corrected chi connectivity index (χ0v) is 14.2. The molecule has 116 valence electrons. The molecule has 1 saturated carbocycles. The third-order valence-electron chi connectivity index (χ3n) is 4.41. The molecule has 1 atom stereocenters. The summed E-state index contributed by atoms with van der Waals surface area (Å²) in [6, 6.07) is 4.61. The fourth-order valence-electron chi connectivity index (χ4n) is 2.92. The van der Waals surface area contributed by atoms with Gasteiger partial charge in [0, 0.05) is 16.1 Å². The number of hydrogen-bond donors (Lipinski definition) is 1. The highest BCUT2D eigenvalue weighted by Gasteiger charge is 2.25. The smallest absolute Gasteiger partial charge is 0.165 e. The van der Waals surface area contributed by atoms with Gasteiger partial charge in [-0.15, -0.1) is 0 Å². The van der Waals surface area contributed by atoms with Crippen LogP contribution in [0.1, 0.15) is 37.7 Å². The molecule has 0 radical (unpaired) electrons. The van der Waals surface area contributed by atoms with Gasteiger partial charge in [-0.2, -0.15) is 0 Å². The summed E-state index contributed by atoms with van der Waals surface area (Å²) in [6.45, 7) is 1.95. The van der Waals surface area contributed by atoms with Crippen molar-refractivity contribution in [1.82, 2.24) is 5.32 Å². The molecular formula is C17H24BrNO2. The van der Waals surface area contributed by atoms with Gasteiger partial charge in [0.2, 0.25) is 0 Å². The number of piperidine rings is 1. The van der Waals surface area contributed by atoms with Crippen LogP contribution in [0.2, 0.25) is 0 Å². The van der Waals surface area contributed by atoms with E-state index in [0.717, 1.165) is 41.5 Å². The third-order valence-corrected chi connectivity index (χ3v) is 5.15. The van der Waals surface area contributed by atoms with Crippen molar-refractivity contribution in [3.8, 4) is 11.5 Å². The van der Waals surface area contributed by atoms with Crippen molar-refractivity contribution in [2.45, 2.75) is 44.6 Å². The van der Waals surface area contributed by atoms with Crippen LogP contribution in [0.5, 0.6) is 11.5 Å². The highest BCUT2D eigenvalue weighted by atomic mass is 79.9. The lowest BCUT2D eigenvalue weighted by molar-refractivity contribution is 0.275. The van der Waals surface area contributed by atoms with Gasteiger partial charge in [0.05, 0.1) is 13.7 Å². The Bertz CT molecular complexity index is 482. The molecular weight excluding hydrogens is 330 g/mol. The molecule has 1 unspecified atom stereocenters. The SMILES string of the molecule is COc1ccc(Br)c(CC2CCCCN2)c1OCC1CC1. The van der Waals surface area contributed by atoms with Crippen molar-refractivity contribution in [3.05, 3.63) is 22.2 Å². The van der Waals surface area contributed by atoms with E-state index in [9.17, 15) is 0 Å². The maximum atomic E-state index is 6.12. The Morgan fingerprint density at radius 3 is 2.76 bits per heavy atom. The van der Waals surface area contributed by atoms with Gasteiger partial charge in [0.15, 0.2) is 11.5 Å². The van der Waals surface area contributed by atoms with Gasteiger partial charge in [-0.05, 0) is 56.7 Å². The first kappa shape index (κ1) is 15.2. The van der Waals surface area contributed by atoms with Crippen LogP contribution >= 0.6 is 15.9 Å². The minimum Gasteiger partial charge on any atom is -0.493 e. The van der Waals surface area contributed by atoms with Gasteiger partial charge in [-0.3, -0.25) is 0 Å². The fraction of sp³-hybridized carbons (Fsp3) is 0.647. The van der Waals surface area contributed by atoms with E-state index in [1.165, 1.54) is 37.7 Å². The van der Waals surface area contributed by atoms with Crippen molar-refractivity contribution in [1.29, 1.82) is 0 Å². The lowest BCUT2D eigenvalue weighted by Gasteiger charge is -2.25. The number of benzene rings is 1. The minimum atomic E-state index is 0.547. The molecule has 2 aliphatic rings. The number of rotatable bonds is 6. The first-order chi connectivity index (χ1) is 10.3. The van der Waals surface area contributed by atoms with Crippen LogP contribution in [0.15, 0.2) is 16.6 Å². The Hall–Kier alpha value is -0.740. The highest BCUT2D eigenvalue weighted by molar-refractivity contribution is 9.10. The molecule has 4 heteroatoms. The maximum absolute atomic E-state index is 6.12. The van der Waals surface area contributed by atoms with Crippen LogP contribution in [0, 0.1) is 5.92 Å². The topological polar surface area (TPSA) is 30.5 Å². The lowest BCUT2D eigenvalue weighted by atomic mass is 9.97. The van der Waals surface area contributed by atoms with Gasteiger partial charge >= 0.3 is 0 Å². The van der Waals surface area contributed by atoms with E-state index >= 15 is 0 Å². The molecule has 1 aliphatic heterocycles. The molecule has 1 aromatic rings. The molecule has 3 rings (SSSR count). The number of ether oxygens (including phenoxy) is 2. The predicted molar refractivity (Wildman–Crippen MR) is 88.3 cm³/mol. The van der Waals surface area contributed by atoms with Crippen molar-refractivity contribution in [3.63, 3.8) is 0 Å². The molecule has 1 aliphatic carbocycles. The largest absolute Gasteiger partial charge is 0.493 e. The Kier molecular flexibility index (Phi) is 5.07. The zero-order valence-electron chi connectivity index (χ0n) is 12.7. The molecule has 21 heavy (non-hydrogen) atoms. The van der Waals surface area contributed by atoms with Crippen molar-refractivity contribution in [2.24, 2.45) is 5.92 Å². The molecule has 1 heterocycles. The third kappa shape index (κ3) is 3.92. The monoisotopic (exact) mass is 353 g/mol. The van der Waals surface area contributed by atoms with E-state index < -0.39 is 0 Å². The molecule has 0 amide bonds. The van der Waals surface area contributed by atoms with Gasteiger partial charge in [-0.1, -0.05) is 22.4 Å². The molecule has 0 bridgehead atoms. The molecule has 1 N–H and O–H groups in total. The van der Waals surface area contributed by atoms with E-state index in [1.807, 2.05) is 6.07 Å². The van der Waals surface area contributed by atoms with Crippen LogP contribution in [-0.4, -0.2) is 26.3 Å². The first-order valence-electron chi connectivity index (χ1n) is 7.99. The summed E-state index contributed by atoms with van der Waals surface area (Å²) >= 11 is 3.70. The molecule has 1 aromatic carbocycles. The zero-order chi connectivity index (χ0) is 14.7. The molecule has 1 saturated heterocycles. The van der Waals surface area contributed by atoms with Gasteiger partial charge in [0.25, 0.3) is 0 Å². The Morgan fingerprint density at radius 1 is 1.24 bits per heavy atom. The summed E-state index contributed by atoms with van der Waals surface area (Å²) in [4.78, 5) is 0. The van der Waals surface area contributed by atoms with E-state index in [1.54, 1.807) is 7.11 Å². The molecule has 0 aromatic heterocycles. The first-order valence-corrected chi connectivity index (χ1v) is 8.78. The van der Waals surface area contributed by atoms with Crippen LogP contribution in [0.3, 0.4) is 0 Å². The second-order valence-electron chi connectivity index (χ2n) is 6.16. The van der Waals surface area contributed by atoms with Gasteiger partial charge in [0.1, 0.15) is 0 Å². The normalized spacial score (nSPS) is 22.1. The second-order valence-corrected chi connectivity index (χ2v) is 7.02. The summed E-state index contributed by atoms with van der Waals surface area (Å²) in [6.07, 6.45) is 7.45. The number of halogens is 1. The molecule has 3 nitrogen and oxygen atoms in total. The van der Waals surface area contributed by atoms with Crippen LogP contribution in [0.4, 0.5) is 0 Å². The summed E-state index contributed by atoms with van der Waals surface area (Å²) in [5.41, 5.74) is 1.24. The van der Waals surface area contributed by atoms with Gasteiger partial charge < -0.3 is 14.8 Å². The Morgan fingerprint density at radius 2 is 2.10 bits per heavy atom. The van der Waals surface area contributed by atoms with Crippen molar-refractivity contribution < 1.29 is 9.47 Å². The Balaban J connectivity index is 1.80. The van der Waals surface area contributed by atoms with Crippen LogP contribution < -0.4 is 14.8 Å². The van der Waals surface area contributed by atoms with Crippen molar-refractivity contribution in [2.75, 3.05) is 20.3 Å². The quantitative estimate of drug-likeness (QED) is 0.840. The average molecular weight is 354 g/mol. The van der Waals surface area contributed by atoms with E-state index in [4.69, 9.17) is 9.47 Å².